The number of urea groups is 1. The van der Waals surface area contributed by atoms with Gasteiger partial charge in [-0.25, -0.2) is 9.59 Å². The van der Waals surface area contributed by atoms with E-state index in [9.17, 15) is 19.2 Å². The van der Waals surface area contributed by atoms with Gasteiger partial charge in [0.25, 0.3) is 0 Å². The number of amides is 3. The number of carboxylic acid groups (broad SMARTS) is 1. The van der Waals surface area contributed by atoms with E-state index in [1.54, 1.807) is 20.8 Å². The highest BCUT2D eigenvalue weighted by Crippen LogP contribution is 2.07. The van der Waals surface area contributed by atoms with Crippen molar-refractivity contribution in [2.75, 3.05) is 7.11 Å². The van der Waals surface area contributed by atoms with E-state index >= 15 is 0 Å². The number of ether oxygens (including phenoxy) is 1. The average Bonchev–Trinajstić information content (AvgIpc) is 2.33. The monoisotopic (exact) mass is 302 g/mol. The molecule has 0 heterocycles. The zero-order chi connectivity index (χ0) is 16.6. The predicted octanol–water partition coefficient (Wildman–Crippen LogP) is 0.511. The second-order valence-electron chi connectivity index (χ2n) is 5.17. The molecule has 0 aromatic rings. The van der Waals surface area contributed by atoms with Crippen LogP contribution in [0, 0.1) is 11.8 Å². The molecule has 0 aromatic carbocycles. The summed E-state index contributed by atoms with van der Waals surface area (Å²) in [6.07, 6.45) is -0.254. The second kappa shape index (κ2) is 8.93. The molecule has 21 heavy (non-hydrogen) atoms. The number of carbonyl (C=O) groups excluding carboxylic acids is 3. The summed E-state index contributed by atoms with van der Waals surface area (Å²) < 4.78 is 4.56. The highest BCUT2D eigenvalue weighted by atomic mass is 16.5. The Morgan fingerprint density at radius 1 is 1.10 bits per heavy atom. The molecular formula is C13H22N2O6. The predicted molar refractivity (Wildman–Crippen MR) is 73.4 cm³/mol. The minimum Gasteiger partial charge on any atom is -0.481 e. The molecular weight excluding hydrogens is 280 g/mol. The van der Waals surface area contributed by atoms with Crippen LogP contribution in [-0.4, -0.2) is 42.1 Å². The lowest BCUT2D eigenvalue weighted by Crippen LogP contribution is -2.50. The SMILES string of the molecule is COC(=O)C(NC(=O)NC(=O)CC(C)CC(=O)O)C(C)C. The molecule has 0 bridgehead atoms. The summed E-state index contributed by atoms with van der Waals surface area (Å²) in [4.78, 5) is 45.1. The molecule has 0 aromatic heterocycles. The third kappa shape index (κ3) is 7.91. The fraction of sp³-hybridized carbons (Fsp3) is 0.692. The summed E-state index contributed by atoms with van der Waals surface area (Å²) in [7, 11) is 1.20. The van der Waals surface area contributed by atoms with Crippen LogP contribution in [0.3, 0.4) is 0 Å². The van der Waals surface area contributed by atoms with E-state index < -0.39 is 35.8 Å². The standard InChI is InChI=1S/C13H22N2O6/c1-7(2)11(12(19)21-4)15-13(20)14-9(16)5-8(3)6-10(17)18/h7-8,11H,5-6H2,1-4H3,(H,17,18)(H2,14,15,16,20). The maximum absolute atomic E-state index is 11.6. The summed E-state index contributed by atoms with van der Waals surface area (Å²) in [5.41, 5.74) is 0. The molecule has 0 fully saturated rings. The van der Waals surface area contributed by atoms with E-state index in [-0.39, 0.29) is 18.8 Å². The Hall–Kier alpha value is -2.12. The third-order valence-electron chi connectivity index (χ3n) is 2.72. The van der Waals surface area contributed by atoms with Crippen LogP contribution in [0.1, 0.15) is 33.6 Å². The van der Waals surface area contributed by atoms with E-state index in [1.165, 1.54) is 7.11 Å². The van der Waals surface area contributed by atoms with Crippen LogP contribution in [0.2, 0.25) is 0 Å². The number of hydrogen-bond acceptors (Lipinski definition) is 5. The molecule has 0 spiro atoms. The Morgan fingerprint density at radius 3 is 2.10 bits per heavy atom. The van der Waals surface area contributed by atoms with Crippen molar-refractivity contribution in [2.24, 2.45) is 11.8 Å². The van der Waals surface area contributed by atoms with Gasteiger partial charge in [0, 0.05) is 12.8 Å². The number of aliphatic carboxylic acids is 1. The first-order valence-corrected chi connectivity index (χ1v) is 6.57. The molecule has 3 amide bonds. The molecule has 8 nitrogen and oxygen atoms in total. The van der Waals surface area contributed by atoms with Crippen molar-refractivity contribution in [1.82, 2.24) is 10.6 Å². The van der Waals surface area contributed by atoms with E-state index in [0.29, 0.717) is 0 Å². The van der Waals surface area contributed by atoms with Crippen LogP contribution in [0.15, 0.2) is 0 Å². The molecule has 120 valence electrons. The molecule has 0 aliphatic heterocycles. The summed E-state index contributed by atoms with van der Waals surface area (Å²) in [5, 5.41) is 13.0. The number of rotatable bonds is 7. The molecule has 8 heteroatoms. The van der Waals surface area contributed by atoms with Gasteiger partial charge in [0.2, 0.25) is 5.91 Å². The van der Waals surface area contributed by atoms with Gasteiger partial charge >= 0.3 is 18.0 Å². The van der Waals surface area contributed by atoms with Crippen molar-refractivity contribution >= 4 is 23.9 Å². The first-order chi connectivity index (χ1) is 9.67. The Morgan fingerprint density at radius 2 is 1.67 bits per heavy atom. The van der Waals surface area contributed by atoms with Crippen LogP contribution in [0.5, 0.6) is 0 Å². The fourth-order valence-electron chi connectivity index (χ4n) is 1.67. The number of hydrogen-bond donors (Lipinski definition) is 3. The zero-order valence-corrected chi connectivity index (χ0v) is 12.6. The van der Waals surface area contributed by atoms with Crippen LogP contribution in [-0.2, 0) is 19.1 Å². The molecule has 0 saturated heterocycles. The molecule has 0 rings (SSSR count). The Labute approximate surface area is 123 Å². The minimum atomic E-state index is -1.01. The lowest BCUT2D eigenvalue weighted by Gasteiger charge is -2.19. The molecule has 2 atom stereocenters. The molecule has 0 aliphatic carbocycles. The quantitative estimate of drug-likeness (QED) is 0.589. The van der Waals surface area contributed by atoms with Gasteiger partial charge in [-0.05, 0) is 11.8 Å². The van der Waals surface area contributed by atoms with Gasteiger partial charge < -0.3 is 15.2 Å². The first kappa shape index (κ1) is 18.9. The summed E-state index contributed by atoms with van der Waals surface area (Å²) in [6.45, 7) is 5.04. The summed E-state index contributed by atoms with van der Waals surface area (Å²) >= 11 is 0. The lowest BCUT2D eigenvalue weighted by atomic mass is 10.0. The second-order valence-corrected chi connectivity index (χ2v) is 5.17. The van der Waals surface area contributed by atoms with Gasteiger partial charge in [0.15, 0.2) is 0 Å². The highest BCUT2D eigenvalue weighted by Gasteiger charge is 2.25. The minimum absolute atomic E-state index is 0.0930. The van der Waals surface area contributed by atoms with Gasteiger partial charge in [-0.15, -0.1) is 0 Å². The number of esters is 1. The Bertz CT molecular complexity index is 407. The smallest absolute Gasteiger partial charge is 0.328 e. The van der Waals surface area contributed by atoms with Gasteiger partial charge in [0.05, 0.1) is 7.11 Å². The van der Waals surface area contributed by atoms with E-state index in [0.717, 1.165) is 0 Å². The molecule has 2 unspecified atom stereocenters. The fourth-order valence-corrected chi connectivity index (χ4v) is 1.67. The summed E-state index contributed by atoms with van der Waals surface area (Å²) in [5.74, 6) is -2.81. The topological polar surface area (TPSA) is 122 Å². The van der Waals surface area contributed by atoms with Crippen LogP contribution < -0.4 is 10.6 Å². The van der Waals surface area contributed by atoms with Gasteiger partial charge in [-0.1, -0.05) is 20.8 Å². The number of nitrogens with one attached hydrogen (secondary N) is 2. The van der Waals surface area contributed by atoms with E-state index in [1.807, 2.05) is 0 Å². The molecule has 0 radical (unpaired) electrons. The number of imide groups is 1. The number of methoxy groups -OCH3 is 1. The van der Waals surface area contributed by atoms with Crippen molar-refractivity contribution in [1.29, 1.82) is 0 Å². The molecule has 0 saturated carbocycles. The third-order valence-corrected chi connectivity index (χ3v) is 2.72. The Kier molecular flexibility index (Phi) is 8.03. The van der Waals surface area contributed by atoms with E-state index in [2.05, 4.69) is 15.4 Å². The normalized spacial score (nSPS) is 13.2. The highest BCUT2D eigenvalue weighted by molar-refractivity contribution is 5.96. The summed E-state index contributed by atoms with van der Waals surface area (Å²) in [6, 6.07) is -1.68. The van der Waals surface area contributed by atoms with Crippen molar-refractivity contribution in [3.8, 4) is 0 Å². The molecule has 3 N–H and O–H groups in total. The largest absolute Gasteiger partial charge is 0.481 e. The van der Waals surface area contributed by atoms with E-state index in [4.69, 9.17) is 5.11 Å². The van der Waals surface area contributed by atoms with Crippen LogP contribution in [0.25, 0.3) is 0 Å². The number of carboxylic acids is 1. The van der Waals surface area contributed by atoms with Crippen molar-refractivity contribution < 1.29 is 29.0 Å². The molecule has 0 aliphatic rings. The number of carbonyl (C=O) groups is 4. The lowest BCUT2D eigenvalue weighted by molar-refractivity contribution is -0.144. The maximum atomic E-state index is 11.6. The van der Waals surface area contributed by atoms with Gasteiger partial charge in [-0.3, -0.25) is 14.9 Å². The van der Waals surface area contributed by atoms with Crippen molar-refractivity contribution in [3.05, 3.63) is 0 Å². The zero-order valence-electron chi connectivity index (χ0n) is 12.6. The maximum Gasteiger partial charge on any atom is 0.328 e. The Balaban J connectivity index is 4.38. The van der Waals surface area contributed by atoms with Crippen molar-refractivity contribution in [2.45, 2.75) is 39.7 Å². The van der Waals surface area contributed by atoms with Gasteiger partial charge in [-0.2, -0.15) is 0 Å². The van der Waals surface area contributed by atoms with Gasteiger partial charge in [0.1, 0.15) is 6.04 Å². The first-order valence-electron chi connectivity index (χ1n) is 6.57. The van der Waals surface area contributed by atoms with Crippen LogP contribution >= 0.6 is 0 Å². The van der Waals surface area contributed by atoms with Crippen LogP contribution in [0.4, 0.5) is 4.79 Å². The van der Waals surface area contributed by atoms with Crippen molar-refractivity contribution in [3.63, 3.8) is 0 Å². The average molecular weight is 302 g/mol.